The fourth-order valence-corrected chi connectivity index (χ4v) is 3.06. The standard InChI is InChI=1S/C11H16N2O2S/c14-10(15)4-3-9-6-12-11(13-9)8-2-1-5-16-7-8/h6,8H,1-5,7H2,(H,12,13)(H,14,15). The van der Waals surface area contributed by atoms with E-state index in [9.17, 15) is 4.79 Å². The molecule has 0 aliphatic carbocycles. The van der Waals surface area contributed by atoms with Crippen molar-refractivity contribution in [1.82, 2.24) is 9.97 Å². The van der Waals surface area contributed by atoms with Gasteiger partial charge in [-0.1, -0.05) is 0 Å². The Morgan fingerprint density at radius 2 is 2.56 bits per heavy atom. The molecular formula is C11H16N2O2S. The molecule has 1 aliphatic rings. The number of aromatic amines is 1. The molecule has 1 aliphatic heterocycles. The van der Waals surface area contributed by atoms with Gasteiger partial charge in [-0.2, -0.15) is 11.8 Å². The molecule has 1 unspecified atom stereocenters. The summed E-state index contributed by atoms with van der Waals surface area (Å²) in [4.78, 5) is 18.0. The molecule has 2 heterocycles. The van der Waals surface area contributed by atoms with Gasteiger partial charge in [0.25, 0.3) is 0 Å². The average molecular weight is 240 g/mol. The lowest BCUT2D eigenvalue weighted by atomic mass is 10.1. The number of carbonyl (C=O) groups is 1. The smallest absolute Gasteiger partial charge is 0.303 e. The lowest BCUT2D eigenvalue weighted by Crippen LogP contribution is -2.10. The van der Waals surface area contributed by atoms with E-state index in [0.717, 1.165) is 17.3 Å². The summed E-state index contributed by atoms with van der Waals surface area (Å²) >= 11 is 1.97. The zero-order chi connectivity index (χ0) is 11.4. The highest BCUT2D eigenvalue weighted by Gasteiger charge is 2.18. The zero-order valence-corrected chi connectivity index (χ0v) is 9.92. The highest BCUT2D eigenvalue weighted by Crippen LogP contribution is 2.29. The molecule has 0 amide bonds. The van der Waals surface area contributed by atoms with Crippen LogP contribution in [-0.4, -0.2) is 32.5 Å². The highest BCUT2D eigenvalue weighted by molar-refractivity contribution is 7.99. The average Bonchev–Trinajstić information content (AvgIpc) is 2.76. The molecule has 88 valence electrons. The maximum Gasteiger partial charge on any atom is 0.303 e. The summed E-state index contributed by atoms with van der Waals surface area (Å²) in [6.07, 6.45) is 4.93. The van der Waals surface area contributed by atoms with Crippen LogP contribution < -0.4 is 0 Å². The Hall–Kier alpha value is -0.970. The van der Waals surface area contributed by atoms with Gasteiger partial charge in [-0.15, -0.1) is 0 Å². The Morgan fingerprint density at radius 1 is 1.69 bits per heavy atom. The molecule has 0 bridgehead atoms. The molecule has 1 saturated heterocycles. The molecule has 2 N–H and O–H groups in total. The van der Waals surface area contributed by atoms with Crippen LogP contribution in [0.1, 0.15) is 36.7 Å². The van der Waals surface area contributed by atoms with Gasteiger partial charge in [0, 0.05) is 23.6 Å². The topological polar surface area (TPSA) is 66.0 Å². The number of carboxylic acids is 1. The number of hydrogen-bond donors (Lipinski definition) is 2. The normalized spacial score (nSPS) is 20.9. The number of nitrogens with one attached hydrogen (secondary N) is 1. The number of thioether (sulfide) groups is 1. The quantitative estimate of drug-likeness (QED) is 0.845. The molecule has 1 atom stereocenters. The number of aromatic nitrogens is 2. The third-order valence-electron chi connectivity index (χ3n) is 2.80. The Kier molecular flexibility index (Phi) is 3.88. The van der Waals surface area contributed by atoms with Crippen LogP contribution in [0.2, 0.25) is 0 Å². The first-order valence-corrected chi connectivity index (χ1v) is 6.74. The van der Waals surface area contributed by atoms with Crippen molar-refractivity contribution in [2.45, 2.75) is 31.6 Å². The summed E-state index contributed by atoms with van der Waals surface area (Å²) in [5.41, 5.74) is 0.938. The van der Waals surface area contributed by atoms with Crippen molar-refractivity contribution in [3.05, 3.63) is 17.7 Å². The van der Waals surface area contributed by atoms with E-state index < -0.39 is 5.97 Å². The molecular weight excluding hydrogens is 224 g/mol. The second-order valence-electron chi connectivity index (χ2n) is 4.10. The second-order valence-corrected chi connectivity index (χ2v) is 5.25. The molecule has 0 radical (unpaired) electrons. The molecule has 1 aromatic heterocycles. The van der Waals surface area contributed by atoms with Gasteiger partial charge >= 0.3 is 5.97 Å². The molecule has 0 spiro atoms. The first kappa shape index (κ1) is 11.5. The number of hydrogen-bond acceptors (Lipinski definition) is 3. The van der Waals surface area contributed by atoms with Crippen molar-refractivity contribution in [3.63, 3.8) is 0 Å². The largest absolute Gasteiger partial charge is 0.481 e. The summed E-state index contributed by atoms with van der Waals surface area (Å²) in [5.74, 6) is 3.18. The first-order chi connectivity index (χ1) is 7.75. The van der Waals surface area contributed by atoms with Crippen molar-refractivity contribution >= 4 is 17.7 Å². The van der Waals surface area contributed by atoms with Crippen LogP contribution in [0.4, 0.5) is 0 Å². The maximum atomic E-state index is 10.4. The van der Waals surface area contributed by atoms with Crippen molar-refractivity contribution in [2.24, 2.45) is 0 Å². The fraction of sp³-hybridized carbons (Fsp3) is 0.636. The van der Waals surface area contributed by atoms with E-state index in [1.54, 1.807) is 6.20 Å². The predicted octanol–water partition coefficient (Wildman–Crippen LogP) is 2.04. The van der Waals surface area contributed by atoms with Crippen molar-refractivity contribution < 1.29 is 9.90 Å². The van der Waals surface area contributed by atoms with Crippen molar-refractivity contribution in [3.8, 4) is 0 Å². The SMILES string of the molecule is O=C(O)CCc1cnc(C2CCCSC2)[nH]1. The van der Waals surface area contributed by atoms with Gasteiger partial charge in [-0.25, -0.2) is 4.98 Å². The van der Waals surface area contributed by atoms with Gasteiger partial charge in [0.15, 0.2) is 0 Å². The molecule has 2 rings (SSSR count). The van der Waals surface area contributed by atoms with Gasteiger partial charge < -0.3 is 10.1 Å². The minimum atomic E-state index is -0.760. The molecule has 16 heavy (non-hydrogen) atoms. The summed E-state index contributed by atoms with van der Waals surface area (Å²) in [6.45, 7) is 0. The number of nitrogens with zero attached hydrogens (tertiary/aromatic N) is 1. The van der Waals surface area contributed by atoms with Crippen LogP contribution in [0, 0.1) is 0 Å². The Balaban J connectivity index is 1.93. The van der Waals surface area contributed by atoms with E-state index in [1.165, 1.54) is 18.6 Å². The van der Waals surface area contributed by atoms with E-state index in [0.29, 0.717) is 12.3 Å². The number of imidazole rings is 1. The maximum absolute atomic E-state index is 10.4. The number of aliphatic carboxylic acids is 1. The van der Waals surface area contributed by atoms with Gasteiger partial charge in [-0.3, -0.25) is 4.79 Å². The highest BCUT2D eigenvalue weighted by atomic mass is 32.2. The summed E-state index contributed by atoms with van der Waals surface area (Å²) in [5, 5.41) is 8.59. The van der Waals surface area contributed by atoms with Gasteiger partial charge in [0.2, 0.25) is 0 Å². The Bertz CT molecular complexity index is 359. The van der Waals surface area contributed by atoms with E-state index in [2.05, 4.69) is 9.97 Å². The zero-order valence-electron chi connectivity index (χ0n) is 9.11. The summed E-state index contributed by atoms with van der Waals surface area (Å²) < 4.78 is 0. The predicted molar refractivity (Wildman–Crippen MR) is 63.8 cm³/mol. The lowest BCUT2D eigenvalue weighted by molar-refractivity contribution is -0.136. The van der Waals surface area contributed by atoms with E-state index in [1.807, 2.05) is 11.8 Å². The van der Waals surface area contributed by atoms with Crippen molar-refractivity contribution in [1.29, 1.82) is 0 Å². The van der Waals surface area contributed by atoms with Crippen LogP contribution in [0.3, 0.4) is 0 Å². The van der Waals surface area contributed by atoms with Gasteiger partial charge in [0.1, 0.15) is 5.82 Å². The monoisotopic (exact) mass is 240 g/mol. The van der Waals surface area contributed by atoms with Crippen LogP contribution in [0.5, 0.6) is 0 Å². The molecule has 4 nitrogen and oxygen atoms in total. The Morgan fingerprint density at radius 3 is 3.25 bits per heavy atom. The minimum Gasteiger partial charge on any atom is -0.481 e. The van der Waals surface area contributed by atoms with E-state index in [4.69, 9.17) is 5.11 Å². The number of H-pyrrole nitrogens is 1. The first-order valence-electron chi connectivity index (χ1n) is 5.59. The van der Waals surface area contributed by atoms with E-state index in [-0.39, 0.29) is 6.42 Å². The van der Waals surface area contributed by atoms with Gasteiger partial charge in [0.05, 0.1) is 6.42 Å². The van der Waals surface area contributed by atoms with Crippen molar-refractivity contribution in [2.75, 3.05) is 11.5 Å². The molecule has 1 aromatic rings. The third kappa shape index (κ3) is 3.01. The van der Waals surface area contributed by atoms with Crippen LogP contribution in [0.25, 0.3) is 0 Å². The van der Waals surface area contributed by atoms with E-state index >= 15 is 0 Å². The van der Waals surface area contributed by atoms with Gasteiger partial charge in [-0.05, 0) is 25.0 Å². The third-order valence-corrected chi connectivity index (χ3v) is 4.02. The number of carboxylic acid groups (broad SMARTS) is 1. The molecule has 1 fully saturated rings. The fourth-order valence-electron chi connectivity index (χ4n) is 1.91. The van der Waals surface area contributed by atoms with Crippen LogP contribution in [0.15, 0.2) is 6.20 Å². The lowest BCUT2D eigenvalue weighted by Gasteiger charge is -2.18. The molecule has 0 saturated carbocycles. The Labute approximate surface area is 98.9 Å². The molecule has 0 aromatic carbocycles. The second kappa shape index (κ2) is 5.39. The summed E-state index contributed by atoms with van der Waals surface area (Å²) in [6, 6.07) is 0. The number of rotatable bonds is 4. The number of aryl methyl sites for hydroxylation is 1. The van der Waals surface area contributed by atoms with Crippen LogP contribution in [-0.2, 0) is 11.2 Å². The van der Waals surface area contributed by atoms with Crippen LogP contribution >= 0.6 is 11.8 Å². The molecule has 5 heteroatoms. The minimum absolute atomic E-state index is 0.168. The summed E-state index contributed by atoms with van der Waals surface area (Å²) in [7, 11) is 0.